The Labute approximate surface area is 78.6 Å². The molecule has 1 aliphatic rings. The molecule has 76 valence electrons. The van der Waals surface area contributed by atoms with E-state index in [1.807, 2.05) is 6.92 Å². The molecule has 0 radical (unpaired) electrons. The predicted molar refractivity (Wildman–Crippen MR) is 48.5 cm³/mol. The van der Waals surface area contributed by atoms with Crippen LogP contribution in [0.2, 0.25) is 0 Å². The van der Waals surface area contributed by atoms with E-state index in [0.29, 0.717) is 19.8 Å². The van der Waals surface area contributed by atoms with E-state index in [1.165, 1.54) is 0 Å². The van der Waals surface area contributed by atoms with Crippen molar-refractivity contribution in [2.75, 3.05) is 26.3 Å². The second-order valence-corrected chi connectivity index (χ2v) is 3.08. The third kappa shape index (κ3) is 4.24. The summed E-state index contributed by atoms with van der Waals surface area (Å²) in [5.41, 5.74) is 0. The standard InChI is InChI=1S/C9H17NO3/c1-2-10-7-9(11)13-8-3-5-12-6-4-8/h8,10H,2-7H2,1H3. The van der Waals surface area contributed by atoms with Crippen LogP contribution in [0.1, 0.15) is 19.8 Å². The quantitative estimate of drug-likeness (QED) is 0.644. The molecule has 0 aromatic carbocycles. The smallest absolute Gasteiger partial charge is 0.320 e. The molecule has 4 heteroatoms. The fraction of sp³-hybridized carbons (Fsp3) is 0.889. The Morgan fingerprint density at radius 2 is 2.23 bits per heavy atom. The zero-order valence-corrected chi connectivity index (χ0v) is 8.04. The molecule has 4 nitrogen and oxygen atoms in total. The largest absolute Gasteiger partial charge is 0.461 e. The number of esters is 1. The molecular formula is C9H17NO3. The molecule has 0 aliphatic carbocycles. The van der Waals surface area contributed by atoms with Gasteiger partial charge in [0.15, 0.2) is 0 Å². The number of carbonyl (C=O) groups is 1. The maximum atomic E-state index is 11.1. The Kier molecular flexibility index (Phi) is 4.78. The third-order valence-corrected chi connectivity index (χ3v) is 1.99. The highest BCUT2D eigenvalue weighted by Crippen LogP contribution is 2.10. The third-order valence-electron chi connectivity index (χ3n) is 1.99. The van der Waals surface area contributed by atoms with Crippen molar-refractivity contribution in [1.82, 2.24) is 5.32 Å². The van der Waals surface area contributed by atoms with Crippen molar-refractivity contribution < 1.29 is 14.3 Å². The van der Waals surface area contributed by atoms with E-state index < -0.39 is 0 Å². The van der Waals surface area contributed by atoms with Crippen molar-refractivity contribution in [3.8, 4) is 0 Å². The first kappa shape index (κ1) is 10.5. The maximum absolute atomic E-state index is 11.1. The van der Waals surface area contributed by atoms with Gasteiger partial charge in [-0.25, -0.2) is 0 Å². The van der Waals surface area contributed by atoms with Crippen LogP contribution >= 0.6 is 0 Å². The Morgan fingerprint density at radius 1 is 1.54 bits per heavy atom. The van der Waals surface area contributed by atoms with E-state index in [2.05, 4.69) is 5.32 Å². The molecule has 0 amide bonds. The van der Waals surface area contributed by atoms with Crippen LogP contribution in [0.15, 0.2) is 0 Å². The first-order valence-electron chi connectivity index (χ1n) is 4.81. The van der Waals surface area contributed by atoms with Gasteiger partial charge in [0.2, 0.25) is 0 Å². The van der Waals surface area contributed by atoms with E-state index in [-0.39, 0.29) is 12.1 Å². The van der Waals surface area contributed by atoms with Crippen molar-refractivity contribution in [3.63, 3.8) is 0 Å². The van der Waals surface area contributed by atoms with Gasteiger partial charge in [0, 0.05) is 12.8 Å². The minimum Gasteiger partial charge on any atom is -0.461 e. The summed E-state index contributed by atoms with van der Waals surface area (Å²) in [6.45, 7) is 4.48. The van der Waals surface area contributed by atoms with Gasteiger partial charge in [-0.05, 0) is 6.54 Å². The summed E-state index contributed by atoms with van der Waals surface area (Å²) in [4.78, 5) is 11.1. The Bertz CT molecular complexity index is 155. The van der Waals surface area contributed by atoms with Gasteiger partial charge < -0.3 is 14.8 Å². The van der Waals surface area contributed by atoms with Gasteiger partial charge in [-0.1, -0.05) is 6.92 Å². The number of nitrogens with one attached hydrogen (secondary N) is 1. The van der Waals surface area contributed by atoms with Crippen molar-refractivity contribution >= 4 is 5.97 Å². The molecule has 1 saturated heterocycles. The van der Waals surface area contributed by atoms with Crippen LogP contribution in [-0.2, 0) is 14.3 Å². The second-order valence-electron chi connectivity index (χ2n) is 3.08. The van der Waals surface area contributed by atoms with Gasteiger partial charge in [0.1, 0.15) is 6.10 Å². The van der Waals surface area contributed by atoms with Crippen LogP contribution in [-0.4, -0.2) is 38.4 Å². The molecule has 1 aliphatic heterocycles. The number of hydrogen-bond donors (Lipinski definition) is 1. The van der Waals surface area contributed by atoms with Gasteiger partial charge in [-0.15, -0.1) is 0 Å². The van der Waals surface area contributed by atoms with Crippen molar-refractivity contribution in [2.45, 2.75) is 25.9 Å². The van der Waals surface area contributed by atoms with Crippen LogP contribution < -0.4 is 5.32 Å². The molecule has 1 N–H and O–H groups in total. The van der Waals surface area contributed by atoms with E-state index >= 15 is 0 Å². The predicted octanol–water partition coefficient (Wildman–Crippen LogP) is 0.318. The number of rotatable bonds is 4. The highest BCUT2D eigenvalue weighted by molar-refractivity contribution is 5.71. The lowest BCUT2D eigenvalue weighted by atomic mass is 10.1. The Morgan fingerprint density at radius 3 is 2.85 bits per heavy atom. The number of hydrogen-bond acceptors (Lipinski definition) is 4. The molecule has 0 aromatic rings. The maximum Gasteiger partial charge on any atom is 0.320 e. The van der Waals surface area contributed by atoms with Crippen molar-refractivity contribution in [3.05, 3.63) is 0 Å². The van der Waals surface area contributed by atoms with Crippen LogP contribution in [0.5, 0.6) is 0 Å². The molecule has 0 atom stereocenters. The molecular weight excluding hydrogens is 170 g/mol. The van der Waals surface area contributed by atoms with Crippen LogP contribution in [0, 0.1) is 0 Å². The molecule has 0 unspecified atom stereocenters. The molecule has 1 heterocycles. The minimum atomic E-state index is -0.159. The average Bonchev–Trinajstić information content (AvgIpc) is 2.16. The van der Waals surface area contributed by atoms with Crippen LogP contribution in [0.25, 0.3) is 0 Å². The monoisotopic (exact) mass is 187 g/mol. The molecule has 0 aromatic heterocycles. The summed E-state index contributed by atoms with van der Waals surface area (Å²) < 4.78 is 10.4. The summed E-state index contributed by atoms with van der Waals surface area (Å²) in [5.74, 6) is -0.159. The van der Waals surface area contributed by atoms with Crippen LogP contribution in [0.4, 0.5) is 0 Å². The lowest BCUT2D eigenvalue weighted by Crippen LogP contribution is -2.31. The Hall–Kier alpha value is -0.610. The zero-order chi connectivity index (χ0) is 9.52. The van der Waals surface area contributed by atoms with E-state index in [0.717, 1.165) is 19.4 Å². The molecule has 1 fully saturated rings. The molecule has 0 bridgehead atoms. The van der Waals surface area contributed by atoms with E-state index in [4.69, 9.17) is 9.47 Å². The fourth-order valence-corrected chi connectivity index (χ4v) is 1.25. The van der Waals surface area contributed by atoms with Gasteiger partial charge in [-0.3, -0.25) is 4.79 Å². The lowest BCUT2D eigenvalue weighted by molar-refractivity contribution is -0.151. The topological polar surface area (TPSA) is 47.6 Å². The lowest BCUT2D eigenvalue weighted by Gasteiger charge is -2.22. The summed E-state index contributed by atoms with van der Waals surface area (Å²) in [7, 11) is 0. The molecule has 1 rings (SSSR count). The average molecular weight is 187 g/mol. The summed E-state index contributed by atoms with van der Waals surface area (Å²) in [6.07, 6.45) is 1.73. The van der Waals surface area contributed by atoms with Gasteiger partial charge >= 0.3 is 5.97 Å². The van der Waals surface area contributed by atoms with Gasteiger partial charge in [-0.2, -0.15) is 0 Å². The minimum absolute atomic E-state index is 0.0694. The Balaban J connectivity index is 2.11. The van der Waals surface area contributed by atoms with Crippen LogP contribution in [0.3, 0.4) is 0 Å². The van der Waals surface area contributed by atoms with Crippen molar-refractivity contribution in [2.24, 2.45) is 0 Å². The highest BCUT2D eigenvalue weighted by atomic mass is 16.6. The number of likely N-dealkylation sites (N-methyl/N-ethyl adjacent to an activating group) is 1. The number of ether oxygens (including phenoxy) is 2. The first-order valence-corrected chi connectivity index (χ1v) is 4.81. The summed E-state index contributed by atoms with van der Waals surface area (Å²) >= 11 is 0. The fourth-order valence-electron chi connectivity index (χ4n) is 1.25. The SMILES string of the molecule is CCNCC(=O)OC1CCOCC1. The summed E-state index contributed by atoms with van der Waals surface area (Å²) in [6, 6.07) is 0. The zero-order valence-electron chi connectivity index (χ0n) is 8.04. The molecule has 0 spiro atoms. The second kappa shape index (κ2) is 5.94. The van der Waals surface area contributed by atoms with Gasteiger partial charge in [0.25, 0.3) is 0 Å². The van der Waals surface area contributed by atoms with Crippen molar-refractivity contribution in [1.29, 1.82) is 0 Å². The van der Waals surface area contributed by atoms with E-state index in [9.17, 15) is 4.79 Å². The molecule has 0 saturated carbocycles. The molecule has 13 heavy (non-hydrogen) atoms. The summed E-state index contributed by atoms with van der Waals surface area (Å²) in [5, 5.41) is 2.93. The van der Waals surface area contributed by atoms with Gasteiger partial charge in [0.05, 0.1) is 19.8 Å². The highest BCUT2D eigenvalue weighted by Gasteiger charge is 2.17. The first-order chi connectivity index (χ1) is 6.33. The number of carbonyl (C=O) groups excluding carboxylic acids is 1. The normalized spacial score (nSPS) is 18.5. The van der Waals surface area contributed by atoms with E-state index in [1.54, 1.807) is 0 Å².